The molecule has 174 valence electrons. The van der Waals surface area contributed by atoms with Crippen molar-refractivity contribution in [2.45, 2.75) is 11.8 Å². The molecular formula is C24H21N3O5S2. The largest absolute Gasteiger partial charge is 0.454 e. The standard InChI is InChI=1S/C24H21N3O5S2/c1-3-27(17-7-5-4-6-8-17)34(29,30)18-11-9-16(10-12-18)23(28)25-24-26(2)19-13-20-21(32-15-31-20)14-22(19)33-24/h4-14H,3,15H2,1-2H3. The number of ether oxygens (including phenoxy) is 2. The van der Waals surface area contributed by atoms with Gasteiger partial charge in [-0.1, -0.05) is 29.5 Å². The summed E-state index contributed by atoms with van der Waals surface area (Å²) in [6.45, 7) is 2.25. The molecular weight excluding hydrogens is 474 g/mol. The smallest absolute Gasteiger partial charge is 0.279 e. The fraction of sp³-hybridized carbons (Fsp3) is 0.167. The molecule has 0 atom stereocenters. The fourth-order valence-corrected chi connectivity index (χ4v) is 6.26. The van der Waals surface area contributed by atoms with Crippen molar-refractivity contribution in [3.63, 3.8) is 0 Å². The average molecular weight is 496 g/mol. The zero-order chi connectivity index (χ0) is 23.9. The number of amides is 1. The summed E-state index contributed by atoms with van der Waals surface area (Å²) in [6, 6.07) is 18.5. The number of aromatic nitrogens is 1. The van der Waals surface area contributed by atoms with Crippen molar-refractivity contribution >= 4 is 43.2 Å². The maximum absolute atomic E-state index is 13.2. The Bertz CT molecular complexity index is 1560. The molecule has 2 heterocycles. The zero-order valence-corrected chi connectivity index (χ0v) is 20.1. The van der Waals surface area contributed by atoms with E-state index in [9.17, 15) is 13.2 Å². The minimum absolute atomic E-state index is 0.108. The van der Waals surface area contributed by atoms with Crippen LogP contribution in [0.25, 0.3) is 10.2 Å². The summed E-state index contributed by atoms with van der Waals surface area (Å²) in [5, 5.41) is 0. The molecule has 1 aliphatic rings. The number of hydrogen-bond acceptors (Lipinski definition) is 6. The Labute approximate surface area is 200 Å². The summed E-state index contributed by atoms with van der Waals surface area (Å²) >= 11 is 1.36. The highest BCUT2D eigenvalue weighted by Crippen LogP contribution is 2.36. The first kappa shape index (κ1) is 22.2. The number of fused-ring (bicyclic) bond motifs is 2. The molecule has 34 heavy (non-hydrogen) atoms. The van der Waals surface area contributed by atoms with Crippen LogP contribution in [0, 0.1) is 0 Å². The molecule has 0 unspecified atom stereocenters. The topological polar surface area (TPSA) is 90.2 Å². The maximum atomic E-state index is 13.2. The number of aryl methyl sites for hydroxylation is 1. The van der Waals surface area contributed by atoms with Gasteiger partial charge in [-0.05, 0) is 43.3 Å². The average Bonchev–Trinajstić information content (AvgIpc) is 3.42. The number of carbonyl (C=O) groups excluding carboxylic acids is 1. The number of hydrogen-bond donors (Lipinski definition) is 0. The minimum atomic E-state index is -3.77. The van der Waals surface area contributed by atoms with Crippen LogP contribution in [0.3, 0.4) is 0 Å². The van der Waals surface area contributed by atoms with Crippen molar-refractivity contribution in [3.05, 3.63) is 77.1 Å². The van der Waals surface area contributed by atoms with E-state index in [-0.39, 0.29) is 18.2 Å². The Kier molecular flexibility index (Phi) is 5.62. The first-order valence-corrected chi connectivity index (χ1v) is 12.8. The van der Waals surface area contributed by atoms with Crippen LogP contribution in [0.1, 0.15) is 17.3 Å². The summed E-state index contributed by atoms with van der Waals surface area (Å²) in [7, 11) is -1.94. The molecule has 10 heteroatoms. The molecule has 0 N–H and O–H groups in total. The number of rotatable bonds is 5. The van der Waals surface area contributed by atoms with Crippen LogP contribution in [-0.2, 0) is 17.1 Å². The number of anilines is 1. The molecule has 1 aromatic heterocycles. The minimum Gasteiger partial charge on any atom is -0.454 e. The van der Waals surface area contributed by atoms with E-state index in [4.69, 9.17) is 9.47 Å². The van der Waals surface area contributed by atoms with E-state index in [1.54, 1.807) is 31.2 Å². The van der Waals surface area contributed by atoms with Crippen LogP contribution in [0.4, 0.5) is 5.69 Å². The van der Waals surface area contributed by atoms with Crippen molar-refractivity contribution in [2.24, 2.45) is 12.0 Å². The van der Waals surface area contributed by atoms with E-state index in [2.05, 4.69) is 4.99 Å². The molecule has 0 bridgehead atoms. The summed E-state index contributed by atoms with van der Waals surface area (Å²) in [5.74, 6) is 0.870. The van der Waals surface area contributed by atoms with Crippen LogP contribution in [0.2, 0.25) is 0 Å². The van der Waals surface area contributed by atoms with E-state index in [1.165, 1.54) is 39.9 Å². The highest BCUT2D eigenvalue weighted by atomic mass is 32.2. The Balaban J connectivity index is 1.44. The van der Waals surface area contributed by atoms with E-state index in [0.717, 1.165) is 10.2 Å². The second-order valence-corrected chi connectivity index (χ2v) is 10.4. The molecule has 0 saturated carbocycles. The number of thiazole rings is 1. The van der Waals surface area contributed by atoms with Crippen molar-refractivity contribution in [1.82, 2.24) is 4.57 Å². The maximum Gasteiger partial charge on any atom is 0.279 e. The number of para-hydroxylation sites is 1. The Hall–Kier alpha value is -3.63. The molecule has 0 aliphatic carbocycles. The molecule has 1 aliphatic heterocycles. The van der Waals surface area contributed by atoms with Gasteiger partial charge in [-0.2, -0.15) is 4.99 Å². The van der Waals surface area contributed by atoms with Gasteiger partial charge in [0.2, 0.25) is 6.79 Å². The predicted octanol–water partition coefficient (Wildman–Crippen LogP) is 3.92. The van der Waals surface area contributed by atoms with Gasteiger partial charge in [0.25, 0.3) is 15.9 Å². The Morgan fingerprint density at radius 1 is 1.06 bits per heavy atom. The number of sulfonamides is 1. The van der Waals surface area contributed by atoms with Crippen LogP contribution >= 0.6 is 11.3 Å². The Morgan fingerprint density at radius 2 is 1.74 bits per heavy atom. The third-order valence-electron chi connectivity index (χ3n) is 5.52. The van der Waals surface area contributed by atoms with Crippen LogP contribution < -0.4 is 18.6 Å². The van der Waals surface area contributed by atoms with Gasteiger partial charge in [-0.3, -0.25) is 9.10 Å². The lowest BCUT2D eigenvalue weighted by Gasteiger charge is -2.22. The normalized spacial score (nSPS) is 13.4. The SMILES string of the molecule is CCN(c1ccccc1)S(=O)(=O)c1ccc(C(=O)N=c2sc3cc4c(cc3n2C)OCO4)cc1. The monoisotopic (exact) mass is 495 g/mol. The second kappa shape index (κ2) is 8.62. The van der Waals surface area contributed by atoms with Gasteiger partial charge in [0, 0.05) is 31.3 Å². The molecule has 5 rings (SSSR count). The lowest BCUT2D eigenvalue weighted by molar-refractivity contribution is 0.0998. The third-order valence-corrected chi connectivity index (χ3v) is 8.53. The molecule has 4 aromatic rings. The quantitative estimate of drug-likeness (QED) is 0.419. The summed E-state index contributed by atoms with van der Waals surface area (Å²) in [5.41, 5.74) is 1.76. The van der Waals surface area contributed by atoms with Crippen molar-refractivity contribution in [3.8, 4) is 11.5 Å². The van der Waals surface area contributed by atoms with Gasteiger partial charge in [-0.15, -0.1) is 0 Å². The fourth-order valence-electron chi connectivity index (χ4n) is 3.76. The summed E-state index contributed by atoms with van der Waals surface area (Å²) < 4.78 is 41.2. The third kappa shape index (κ3) is 3.84. The first-order chi connectivity index (χ1) is 16.4. The molecule has 0 fully saturated rings. The molecule has 8 nitrogen and oxygen atoms in total. The molecule has 0 spiro atoms. The number of carbonyl (C=O) groups is 1. The van der Waals surface area contributed by atoms with Gasteiger partial charge in [0.1, 0.15) is 0 Å². The Morgan fingerprint density at radius 3 is 2.41 bits per heavy atom. The molecule has 0 radical (unpaired) electrons. The summed E-state index contributed by atoms with van der Waals surface area (Å²) in [4.78, 5) is 17.7. The van der Waals surface area contributed by atoms with Gasteiger partial charge in [0.05, 0.1) is 20.8 Å². The molecule has 1 amide bonds. The van der Waals surface area contributed by atoms with Crippen LogP contribution in [0.5, 0.6) is 11.5 Å². The lowest BCUT2D eigenvalue weighted by Crippen LogP contribution is -2.30. The molecule has 0 saturated heterocycles. The van der Waals surface area contributed by atoms with Gasteiger partial charge < -0.3 is 14.0 Å². The van der Waals surface area contributed by atoms with Gasteiger partial charge in [-0.25, -0.2) is 8.42 Å². The highest BCUT2D eigenvalue weighted by molar-refractivity contribution is 7.92. The predicted molar refractivity (Wildman–Crippen MR) is 130 cm³/mol. The highest BCUT2D eigenvalue weighted by Gasteiger charge is 2.24. The van der Waals surface area contributed by atoms with E-state index >= 15 is 0 Å². The summed E-state index contributed by atoms with van der Waals surface area (Å²) in [6.07, 6.45) is 0. The van der Waals surface area contributed by atoms with E-state index in [0.29, 0.717) is 27.6 Å². The second-order valence-electron chi connectivity index (χ2n) is 7.56. The van der Waals surface area contributed by atoms with Crippen LogP contribution in [-0.4, -0.2) is 32.2 Å². The van der Waals surface area contributed by atoms with Crippen molar-refractivity contribution < 1.29 is 22.7 Å². The number of nitrogens with zero attached hydrogens (tertiary/aromatic N) is 3. The number of benzene rings is 3. The first-order valence-electron chi connectivity index (χ1n) is 10.5. The zero-order valence-electron chi connectivity index (χ0n) is 18.5. The van der Waals surface area contributed by atoms with Gasteiger partial charge in [0.15, 0.2) is 16.3 Å². The van der Waals surface area contributed by atoms with E-state index < -0.39 is 15.9 Å². The van der Waals surface area contributed by atoms with Crippen molar-refractivity contribution in [1.29, 1.82) is 0 Å². The van der Waals surface area contributed by atoms with Crippen LogP contribution in [0.15, 0.2) is 76.6 Å². The van der Waals surface area contributed by atoms with Crippen molar-refractivity contribution in [2.75, 3.05) is 17.6 Å². The van der Waals surface area contributed by atoms with E-state index in [1.807, 2.05) is 29.8 Å². The lowest BCUT2D eigenvalue weighted by atomic mass is 10.2. The van der Waals surface area contributed by atoms with Gasteiger partial charge >= 0.3 is 0 Å². The molecule has 3 aromatic carbocycles.